The minimum absolute atomic E-state index is 0.238. The second kappa shape index (κ2) is 5.06. The molecule has 2 atom stereocenters. The average molecular weight is 323 g/mol. The first-order chi connectivity index (χ1) is 10.3. The Morgan fingerprint density at radius 3 is 2.41 bits per heavy atom. The number of benzene rings is 1. The molecule has 0 saturated carbocycles. The minimum Gasteiger partial charge on any atom is -0.332 e. The van der Waals surface area contributed by atoms with Gasteiger partial charge in [-0.15, -0.1) is 0 Å². The number of imide groups is 1. The summed E-state index contributed by atoms with van der Waals surface area (Å²) in [6, 6.07) is 5.10. The van der Waals surface area contributed by atoms with Crippen LogP contribution in [0.3, 0.4) is 0 Å². The lowest BCUT2D eigenvalue weighted by molar-refractivity contribution is -0.122. The number of nitrogens with zero attached hydrogens (tertiary/aromatic N) is 2. The van der Waals surface area contributed by atoms with Gasteiger partial charge in [-0.3, -0.25) is 4.79 Å². The summed E-state index contributed by atoms with van der Waals surface area (Å²) in [5.41, 5.74) is 1.44. The van der Waals surface area contributed by atoms with E-state index in [-0.39, 0.29) is 6.54 Å². The van der Waals surface area contributed by atoms with E-state index in [1.165, 1.54) is 4.31 Å². The molecule has 0 aliphatic carbocycles. The number of anilines is 1. The Kier molecular flexibility index (Phi) is 3.45. The number of hydrogen-bond acceptors (Lipinski definition) is 4. The van der Waals surface area contributed by atoms with Crippen LogP contribution in [0.2, 0.25) is 0 Å². The van der Waals surface area contributed by atoms with Crippen LogP contribution in [-0.4, -0.2) is 49.5 Å². The quantitative estimate of drug-likeness (QED) is 0.856. The number of rotatable bonds is 2. The number of amides is 3. The summed E-state index contributed by atoms with van der Waals surface area (Å²) in [6.45, 7) is 2.14. The van der Waals surface area contributed by atoms with Crippen molar-refractivity contribution in [3.05, 3.63) is 29.8 Å². The predicted molar refractivity (Wildman–Crippen MR) is 80.9 cm³/mol. The number of nitrogens with one attached hydrogen (secondary N) is 1. The largest absolute Gasteiger partial charge is 0.332 e. The Balaban J connectivity index is 1.98. The van der Waals surface area contributed by atoms with Crippen molar-refractivity contribution in [2.45, 2.75) is 25.4 Å². The van der Waals surface area contributed by atoms with Gasteiger partial charge in [0.2, 0.25) is 10.0 Å². The molecule has 2 aliphatic heterocycles. The minimum atomic E-state index is -3.50. The zero-order valence-electron chi connectivity index (χ0n) is 12.3. The molecule has 8 heteroatoms. The van der Waals surface area contributed by atoms with Gasteiger partial charge < -0.3 is 5.32 Å². The highest BCUT2D eigenvalue weighted by atomic mass is 32.2. The van der Waals surface area contributed by atoms with Crippen LogP contribution in [0, 0.1) is 6.92 Å². The van der Waals surface area contributed by atoms with Gasteiger partial charge in [0.25, 0.3) is 5.91 Å². The van der Waals surface area contributed by atoms with E-state index < -0.39 is 34.0 Å². The third-order valence-corrected chi connectivity index (χ3v) is 5.32. The summed E-state index contributed by atoms with van der Waals surface area (Å²) in [4.78, 5) is 26.0. The van der Waals surface area contributed by atoms with Crippen LogP contribution in [0.15, 0.2) is 24.3 Å². The standard InChI is InChI=1S/C14H17N3O4S/c1-9-3-5-10(6-4-9)17-13(18)12-11(15-14(17)19)7-8-16(12)22(2,20)21/h3-6,11-12H,7-8H2,1-2H3,(H,15,19). The smallest absolute Gasteiger partial charge is 0.329 e. The number of aryl methyl sites for hydroxylation is 1. The van der Waals surface area contributed by atoms with Gasteiger partial charge in [0.05, 0.1) is 18.0 Å². The summed E-state index contributed by atoms with van der Waals surface area (Å²) in [7, 11) is -3.50. The Morgan fingerprint density at radius 2 is 1.82 bits per heavy atom. The molecule has 1 N–H and O–H groups in total. The highest BCUT2D eigenvalue weighted by molar-refractivity contribution is 7.88. The van der Waals surface area contributed by atoms with Gasteiger partial charge in [-0.2, -0.15) is 4.31 Å². The molecule has 3 amide bonds. The van der Waals surface area contributed by atoms with E-state index in [4.69, 9.17) is 0 Å². The van der Waals surface area contributed by atoms with E-state index in [0.29, 0.717) is 12.1 Å². The number of carbonyl (C=O) groups is 2. The predicted octanol–water partition coefficient (Wildman–Crippen LogP) is 0.454. The van der Waals surface area contributed by atoms with Crippen molar-refractivity contribution in [3.8, 4) is 0 Å². The molecule has 0 bridgehead atoms. The van der Waals surface area contributed by atoms with Crippen LogP contribution in [0.5, 0.6) is 0 Å². The van der Waals surface area contributed by atoms with Gasteiger partial charge in [0.15, 0.2) is 0 Å². The summed E-state index contributed by atoms with van der Waals surface area (Å²) >= 11 is 0. The maximum absolute atomic E-state index is 12.7. The molecule has 118 valence electrons. The summed E-state index contributed by atoms with van der Waals surface area (Å²) in [5.74, 6) is -0.500. The van der Waals surface area contributed by atoms with Crippen LogP contribution in [0.4, 0.5) is 10.5 Å². The molecule has 2 heterocycles. The van der Waals surface area contributed by atoms with Gasteiger partial charge in [-0.1, -0.05) is 17.7 Å². The van der Waals surface area contributed by atoms with Crippen molar-refractivity contribution in [1.29, 1.82) is 0 Å². The normalized spacial score (nSPS) is 26.0. The summed E-state index contributed by atoms with van der Waals surface area (Å²) in [6.07, 6.45) is 1.52. The lowest BCUT2D eigenvalue weighted by atomic mass is 10.1. The van der Waals surface area contributed by atoms with Gasteiger partial charge in [0.1, 0.15) is 6.04 Å². The molecule has 0 spiro atoms. The van der Waals surface area contributed by atoms with Crippen molar-refractivity contribution in [2.75, 3.05) is 17.7 Å². The lowest BCUT2D eigenvalue weighted by Gasteiger charge is -2.36. The zero-order valence-corrected chi connectivity index (χ0v) is 13.1. The second-order valence-corrected chi connectivity index (χ2v) is 7.61. The molecule has 22 heavy (non-hydrogen) atoms. The molecule has 0 aromatic heterocycles. The first-order valence-electron chi connectivity index (χ1n) is 6.97. The number of fused-ring (bicyclic) bond motifs is 1. The molecule has 3 rings (SSSR count). The first kappa shape index (κ1) is 15.0. The Hall–Kier alpha value is -1.93. The van der Waals surface area contributed by atoms with Crippen LogP contribution in [0.25, 0.3) is 0 Å². The van der Waals surface area contributed by atoms with E-state index in [1.807, 2.05) is 6.92 Å². The maximum Gasteiger partial charge on any atom is 0.329 e. The number of sulfonamides is 1. The molecule has 1 aromatic carbocycles. The van der Waals surface area contributed by atoms with Crippen molar-refractivity contribution in [2.24, 2.45) is 0 Å². The second-order valence-electron chi connectivity index (χ2n) is 5.67. The molecule has 2 saturated heterocycles. The SMILES string of the molecule is Cc1ccc(N2C(=O)NC3CCN(S(C)(=O)=O)C3C2=O)cc1. The Labute approximate surface area is 128 Å². The third kappa shape index (κ3) is 2.38. The first-order valence-corrected chi connectivity index (χ1v) is 8.82. The fourth-order valence-electron chi connectivity index (χ4n) is 2.98. The highest BCUT2D eigenvalue weighted by Gasteiger charge is 2.51. The monoisotopic (exact) mass is 323 g/mol. The summed E-state index contributed by atoms with van der Waals surface area (Å²) < 4.78 is 24.9. The van der Waals surface area contributed by atoms with Gasteiger partial charge >= 0.3 is 6.03 Å². The number of hydrogen-bond donors (Lipinski definition) is 1. The summed E-state index contributed by atoms with van der Waals surface area (Å²) in [5, 5.41) is 2.73. The molecular weight excluding hydrogens is 306 g/mol. The van der Waals surface area contributed by atoms with Crippen molar-refractivity contribution < 1.29 is 18.0 Å². The van der Waals surface area contributed by atoms with E-state index in [9.17, 15) is 18.0 Å². The molecule has 0 radical (unpaired) electrons. The van der Waals surface area contributed by atoms with Crippen LogP contribution in [0.1, 0.15) is 12.0 Å². The van der Waals surface area contributed by atoms with Crippen LogP contribution < -0.4 is 10.2 Å². The Morgan fingerprint density at radius 1 is 1.18 bits per heavy atom. The fourth-order valence-corrected chi connectivity index (χ4v) is 4.06. The van der Waals surface area contributed by atoms with Crippen molar-refractivity contribution in [3.63, 3.8) is 0 Å². The molecule has 2 fully saturated rings. The van der Waals surface area contributed by atoms with E-state index in [2.05, 4.69) is 5.32 Å². The van der Waals surface area contributed by atoms with Crippen LogP contribution in [-0.2, 0) is 14.8 Å². The molecule has 1 aromatic rings. The molecule has 2 aliphatic rings. The highest BCUT2D eigenvalue weighted by Crippen LogP contribution is 2.29. The number of urea groups is 1. The van der Waals surface area contributed by atoms with E-state index in [0.717, 1.165) is 16.7 Å². The van der Waals surface area contributed by atoms with Gasteiger partial charge in [0, 0.05) is 6.54 Å². The van der Waals surface area contributed by atoms with Gasteiger partial charge in [-0.05, 0) is 25.5 Å². The van der Waals surface area contributed by atoms with E-state index in [1.54, 1.807) is 24.3 Å². The van der Waals surface area contributed by atoms with E-state index >= 15 is 0 Å². The average Bonchev–Trinajstić information content (AvgIpc) is 2.84. The lowest BCUT2D eigenvalue weighted by Crippen LogP contribution is -2.64. The van der Waals surface area contributed by atoms with Gasteiger partial charge in [-0.25, -0.2) is 18.1 Å². The molecule has 2 unspecified atom stereocenters. The molecular formula is C14H17N3O4S. The van der Waals surface area contributed by atoms with Crippen molar-refractivity contribution in [1.82, 2.24) is 9.62 Å². The Bertz CT molecular complexity index is 729. The zero-order chi connectivity index (χ0) is 16.1. The topological polar surface area (TPSA) is 86.8 Å². The van der Waals surface area contributed by atoms with Crippen LogP contribution >= 0.6 is 0 Å². The molecule has 7 nitrogen and oxygen atoms in total. The maximum atomic E-state index is 12.7. The number of carbonyl (C=O) groups excluding carboxylic acids is 2. The van der Waals surface area contributed by atoms with Crippen molar-refractivity contribution >= 4 is 27.6 Å². The third-order valence-electron chi connectivity index (χ3n) is 4.06. The fraction of sp³-hybridized carbons (Fsp3) is 0.429.